The molecule has 0 amide bonds. The van der Waals surface area contributed by atoms with Gasteiger partial charge in [0.15, 0.2) is 23.1 Å². The van der Waals surface area contributed by atoms with Crippen LogP contribution in [0.25, 0.3) is 0 Å². The molecule has 0 radical (unpaired) electrons. The van der Waals surface area contributed by atoms with E-state index in [4.69, 9.17) is 9.47 Å². The van der Waals surface area contributed by atoms with Gasteiger partial charge in [-0.2, -0.15) is 0 Å². The maximum absolute atomic E-state index is 13.4. The highest BCUT2D eigenvalue weighted by molar-refractivity contribution is 9.10. The number of carbonyl (C=O) groups is 3. The van der Waals surface area contributed by atoms with Gasteiger partial charge in [-0.25, -0.2) is 0 Å². The van der Waals surface area contributed by atoms with Gasteiger partial charge < -0.3 is 19.5 Å². The summed E-state index contributed by atoms with van der Waals surface area (Å²) in [6.45, 7) is 2.12. The smallest absolute Gasteiger partial charge is 0.323 e. The molecular weight excluding hydrogens is 550 g/mol. The number of carboxylic acid groups (broad SMARTS) is 1. The molecule has 0 fully saturated rings. The Morgan fingerprint density at radius 1 is 1.00 bits per heavy atom. The first kappa shape index (κ1) is 26.2. The van der Waals surface area contributed by atoms with Crippen LogP contribution < -0.4 is 9.47 Å². The third-order valence-corrected chi connectivity index (χ3v) is 8.06. The maximum atomic E-state index is 13.4. The van der Waals surface area contributed by atoms with Gasteiger partial charge in [-0.15, -0.1) is 0 Å². The molecule has 0 bridgehead atoms. The summed E-state index contributed by atoms with van der Waals surface area (Å²) >= 11 is 3.65. The van der Waals surface area contributed by atoms with Crippen LogP contribution in [0.3, 0.4) is 0 Å². The molecule has 3 aliphatic rings. The number of aliphatic carboxylic acids is 1. The first-order chi connectivity index (χ1) is 18.3. The zero-order chi connectivity index (χ0) is 27.0. The van der Waals surface area contributed by atoms with Crippen LogP contribution >= 0.6 is 15.9 Å². The minimum absolute atomic E-state index is 0.0358. The molecule has 1 heterocycles. The van der Waals surface area contributed by atoms with E-state index in [2.05, 4.69) is 15.9 Å². The number of nitrogens with zero attached hydrogens (tertiary/aromatic N) is 1. The van der Waals surface area contributed by atoms with Crippen LogP contribution in [0.4, 0.5) is 0 Å². The Labute approximate surface area is 230 Å². The summed E-state index contributed by atoms with van der Waals surface area (Å²) < 4.78 is 12.5. The second-order valence-electron chi connectivity index (χ2n) is 10.00. The Morgan fingerprint density at radius 2 is 1.61 bits per heavy atom. The Hall–Kier alpha value is -3.39. The fraction of sp³-hybridized carbons (Fsp3) is 0.367. The number of ketones is 2. The number of carbonyl (C=O) groups excluding carboxylic acids is 2. The average Bonchev–Trinajstić information content (AvgIpc) is 2.89. The standard InChI is InChI=1S/C30H30BrNO6/c1-17-9-11-18(12-10-17)16-38-30-20(31)13-19(14-25(30)37-2)27-28-21(5-3-7-23(28)33)32(15-26(35)36)22-6-4-8-24(34)29(22)27/h9-14,27H,3-8,15-16H2,1-2H3,(H,35,36). The van der Waals surface area contributed by atoms with E-state index in [-0.39, 0.29) is 18.1 Å². The number of methoxy groups -OCH3 is 1. The van der Waals surface area contributed by atoms with Crippen molar-refractivity contribution in [2.75, 3.05) is 13.7 Å². The van der Waals surface area contributed by atoms with Crippen molar-refractivity contribution >= 4 is 33.5 Å². The van der Waals surface area contributed by atoms with Crippen molar-refractivity contribution in [2.45, 2.75) is 58.0 Å². The van der Waals surface area contributed by atoms with Gasteiger partial charge in [0.25, 0.3) is 0 Å². The van der Waals surface area contributed by atoms with Crippen LogP contribution in [0.5, 0.6) is 11.5 Å². The molecule has 5 rings (SSSR count). The molecular formula is C30H30BrNO6. The number of allylic oxidation sites excluding steroid dienone is 4. The number of benzene rings is 2. The van der Waals surface area contributed by atoms with E-state index >= 15 is 0 Å². The van der Waals surface area contributed by atoms with Gasteiger partial charge in [0.1, 0.15) is 13.2 Å². The van der Waals surface area contributed by atoms with Gasteiger partial charge in [0.2, 0.25) is 0 Å². The van der Waals surface area contributed by atoms with E-state index in [1.54, 1.807) is 12.0 Å². The van der Waals surface area contributed by atoms with Crippen molar-refractivity contribution in [3.8, 4) is 11.5 Å². The molecule has 0 saturated heterocycles. The second-order valence-corrected chi connectivity index (χ2v) is 10.8. The summed E-state index contributed by atoms with van der Waals surface area (Å²) in [5, 5.41) is 9.65. The monoisotopic (exact) mass is 579 g/mol. The Bertz CT molecular complexity index is 1330. The highest BCUT2D eigenvalue weighted by atomic mass is 79.9. The quantitative estimate of drug-likeness (QED) is 0.440. The SMILES string of the molecule is COc1cc(C2C3=C(CCCC3=O)N(CC(=O)O)C3=C2C(=O)CCC3)cc(Br)c1OCc1ccc(C)cc1. The number of aryl methyl sites for hydroxylation is 1. The zero-order valence-corrected chi connectivity index (χ0v) is 23.1. The Morgan fingerprint density at radius 3 is 2.16 bits per heavy atom. The van der Waals surface area contributed by atoms with Crippen molar-refractivity contribution < 1.29 is 29.0 Å². The lowest BCUT2D eigenvalue weighted by atomic mass is 9.71. The summed E-state index contributed by atoms with van der Waals surface area (Å²) in [6.07, 6.45) is 3.29. The molecule has 0 unspecified atom stereocenters. The Kier molecular flexibility index (Phi) is 7.43. The molecule has 0 aromatic heterocycles. The Balaban J connectivity index is 1.60. The fourth-order valence-corrected chi connectivity index (χ4v) is 6.34. The number of halogens is 1. The van der Waals surface area contributed by atoms with Gasteiger partial charge in [0.05, 0.1) is 11.6 Å². The lowest BCUT2D eigenvalue weighted by Crippen LogP contribution is -2.41. The molecule has 0 saturated carbocycles. The maximum Gasteiger partial charge on any atom is 0.323 e. The predicted molar refractivity (Wildman–Crippen MR) is 145 cm³/mol. The van der Waals surface area contributed by atoms with Gasteiger partial charge in [0, 0.05) is 41.3 Å². The molecule has 1 N–H and O–H groups in total. The molecule has 38 heavy (non-hydrogen) atoms. The highest BCUT2D eigenvalue weighted by Crippen LogP contribution is 2.51. The van der Waals surface area contributed by atoms with E-state index < -0.39 is 11.9 Å². The molecule has 2 aromatic rings. The topological polar surface area (TPSA) is 93.1 Å². The molecule has 7 nitrogen and oxygen atoms in total. The largest absolute Gasteiger partial charge is 0.493 e. The predicted octanol–water partition coefficient (Wildman–Crippen LogP) is 5.84. The van der Waals surface area contributed by atoms with Crippen molar-refractivity contribution in [3.05, 3.63) is 80.1 Å². The van der Waals surface area contributed by atoms with Gasteiger partial charge in [-0.3, -0.25) is 14.4 Å². The van der Waals surface area contributed by atoms with Crippen LogP contribution in [0.1, 0.15) is 61.1 Å². The molecule has 2 aliphatic carbocycles. The van der Waals surface area contributed by atoms with Gasteiger partial charge in [-0.1, -0.05) is 29.8 Å². The second kappa shape index (κ2) is 10.8. The first-order valence-corrected chi connectivity index (χ1v) is 13.6. The number of hydrogen-bond donors (Lipinski definition) is 1. The van der Waals surface area contributed by atoms with Crippen molar-refractivity contribution in [2.24, 2.45) is 0 Å². The minimum Gasteiger partial charge on any atom is -0.493 e. The third kappa shape index (κ3) is 4.89. The summed E-state index contributed by atoms with van der Waals surface area (Å²) in [5.41, 5.74) is 5.47. The van der Waals surface area contributed by atoms with Crippen molar-refractivity contribution in [1.29, 1.82) is 0 Å². The van der Waals surface area contributed by atoms with E-state index in [0.717, 1.165) is 22.5 Å². The molecule has 0 spiro atoms. The summed E-state index contributed by atoms with van der Waals surface area (Å²) in [6, 6.07) is 11.8. The van der Waals surface area contributed by atoms with Crippen LogP contribution in [0.2, 0.25) is 0 Å². The highest BCUT2D eigenvalue weighted by Gasteiger charge is 2.44. The molecule has 1 aliphatic heterocycles. The lowest BCUT2D eigenvalue weighted by Gasteiger charge is -2.43. The molecule has 2 aromatic carbocycles. The van der Waals surface area contributed by atoms with E-state index in [1.165, 1.54) is 5.56 Å². The number of ether oxygens (including phenoxy) is 2. The van der Waals surface area contributed by atoms with Crippen LogP contribution in [0, 0.1) is 6.92 Å². The van der Waals surface area contributed by atoms with Crippen LogP contribution in [-0.2, 0) is 21.0 Å². The summed E-state index contributed by atoms with van der Waals surface area (Å²) in [5.74, 6) is -0.601. The van der Waals surface area contributed by atoms with Crippen molar-refractivity contribution in [1.82, 2.24) is 4.90 Å². The fourth-order valence-electron chi connectivity index (χ4n) is 5.76. The van der Waals surface area contributed by atoms with Crippen molar-refractivity contribution in [3.63, 3.8) is 0 Å². The molecule has 0 atom stereocenters. The lowest BCUT2D eigenvalue weighted by molar-refractivity contribution is -0.138. The van der Waals surface area contributed by atoms with Gasteiger partial charge in [-0.05, 0) is 71.8 Å². The van der Waals surface area contributed by atoms with Gasteiger partial charge >= 0.3 is 5.97 Å². The minimum atomic E-state index is -0.988. The molecule has 198 valence electrons. The number of Topliss-reactive ketones (excluding diaryl/α,β-unsaturated/α-hetero) is 2. The average molecular weight is 580 g/mol. The van der Waals surface area contributed by atoms with E-state index in [0.29, 0.717) is 72.2 Å². The zero-order valence-electron chi connectivity index (χ0n) is 21.5. The normalized spacial score (nSPS) is 17.9. The van der Waals surface area contributed by atoms with E-state index in [1.807, 2.05) is 43.3 Å². The summed E-state index contributed by atoms with van der Waals surface area (Å²) in [4.78, 5) is 40.3. The number of carboxylic acids is 1. The number of rotatable bonds is 7. The first-order valence-electron chi connectivity index (χ1n) is 12.9. The van der Waals surface area contributed by atoms with E-state index in [9.17, 15) is 19.5 Å². The third-order valence-electron chi connectivity index (χ3n) is 7.47. The number of hydrogen-bond acceptors (Lipinski definition) is 6. The van der Waals surface area contributed by atoms with Crippen LogP contribution in [-0.4, -0.2) is 41.2 Å². The molecule has 8 heteroatoms. The van der Waals surface area contributed by atoms with Crippen LogP contribution in [0.15, 0.2) is 63.4 Å². The summed E-state index contributed by atoms with van der Waals surface area (Å²) in [7, 11) is 1.56.